The monoisotopic (exact) mass is 2310 g/mol. The van der Waals surface area contributed by atoms with E-state index in [2.05, 4.69) is 90.7 Å². The summed E-state index contributed by atoms with van der Waals surface area (Å²) in [5, 5.41) is 40.8. The Morgan fingerprint density at radius 3 is 1.31 bits per heavy atom. The number of carboxylic acid groups (broad SMARTS) is 1. The summed E-state index contributed by atoms with van der Waals surface area (Å²) < 4.78 is 57.0. The second kappa shape index (κ2) is 64.2. The van der Waals surface area contributed by atoms with Gasteiger partial charge in [0.1, 0.15) is 52.2 Å². The van der Waals surface area contributed by atoms with Crippen LogP contribution in [0.5, 0.6) is 0 Å². The molecule has 40 nitrogen and oxygen atoms in total. The number of furan rings is 1. The normalized spacial score (nSPS) is 12.7. The number of amides is 5. The number of ether oxygens (including phenoxy) is 10. The van der Waals surface area contributed by atoms with Crippen molar-refractivity contribution in [3.63, 3.8) is 0 Å². The van der Waals surface area contributed by atoms with Gasteiger partial charge in [-0.15, -0.1) is 47.3 Å². The van der Waals surface area contributed by atoms with Gasteiger partial charge >= 0.3 is 99.3 Å². The number of aromatic nitrogens is 6. The quantitative estimate of drug-likeness (QED) is 0.00603. The number of nitrogens with zero attached hydrogens (tertiary/aromatic N) is 11. The number of nitrogens with two attached hydrogens (primary N) is 1. The molecule has 10 rings (SSSR count). The Hall–Kier alpha value is -10.8. The van der Waals surface area contributed by atoms with Gasteiger partial charge in [-0.25, -0.2) is 57.3 Å². The topological polar surface area (TPSA) is 521 Å². The molecule has 144 heavy (non-hydrogen) atoms. The summed E-state index contributed by atoms with van der Waals surface area (Å²) in [5.74, 6) is -0.0568. The van der Waals surface area contributed by atoms with Crippen LogP contribution in [0.3, 0.4) is 0 Å². The van der Waals surface area contributed by atoms with Crippen LogP contribution >= 0.6 is 102 Å². The van der Waals surface area contributed by atoms with E-state index in [1.807, 2.05) is 74.4 Å². The average Bonchev–Trinajstić information content (AvgIpc) is 0.940. The molecule has 7 N–H and O–H groups in total. The van der Waals surface area contributed by atoms with Crippen molar-refractivity contribution in [2.24, 2.45) is 10.8 Å². The molecule has 3 aliphatic heterocycles. The number of methoxy groups -OCH3 is 6. The SMILES string of the molecule is C.C#CC[C@H](NC(=O)OC(C)(C)C)C(=O)O.C#CC[C@H](NC(=O)OC(C)(C)C)C(=O)OC.CC(C)N=[N+]=[N-].COC(=O)[C@@H](N)Cc1cn(C(C)C)nn1.COC(=O)[C@H](Cc1cn(C(C)C)nn1)NC(=O)OC(C)(C)C.COC(=O)c1c(Cl)cc2c(c1Cl)CCN(C(=O)OC(C)(C)C)C2.COC(=O)c1c(Cl)cc2c(c1Cl)CCN(C(=O)c1ccc3ccoc3c1)C2.COC(=O)c1c(Cl)cc2c(c1Cl)CCNC2.Cl.[Cu][I]. The van der Waals surface area contributed by atoms with Crippen LogP contribution in [0.1, 0.15) is 243 Å². The van der Waals surface area contributed by atoms with Gasteiger partial charge in [-0.1, -0.05) is 112 Å². The summed E-state index contributed by atoms with van der Waals surface area (Å²) in [5.41, 5.74) is 19.2. The van der Waals surface area contributed by atoms with Gasteiger partial charge in [0.2, 0.25) is 0 Å². The summed E-state index contributed by atoms with van der Waals surface area (Å²) in [7, 11) is 7.67. The van der Waals surface area contributed by atoms with Gasteiger partial charge in [0.15, 0.2) is 0 Å². The number of halogens is 8. The molecule has 0 radical (unpaired) electrons. The zero-order valence-corrected chi connectivity index (χ0v) is 92.3. The molecule has 0 saturated heterocycles. The predicted molar refractivity (Wildman–Crippen MR) is 552 cm³/mol. The molecule has 0 spiro atoms. The first kappa shape index (κ1) is 133. The number of hydrogen-bond donors (Lipinski definition) is 6. The van der Waals surface area contributed by atoms with Gasteiger partial charge in [-0.3, -0.25) is 9.59 Å². The molecule has 0 saturated carbocycles. The summed E-state index contributed by atoms with van der Waals surface area (Å²) >= 11 is 43.2. The summed E-state index contributed by atoms with van der Waals surface area (Å²) in [6, 6.07) is 9.36. The Kier molecular flexibility index (Phi) is 59.4. The average molecular weight is 2320 g/mol. The number of carboxylic acids is 1. The molecule has 4 atom stereocenters. The van der Waals surface area contributed by atoms with E-state index in [1.54, 1.807) is 151 Å². The first-order chi connectivity index (χ1) is 66.3. The van der Waals surface area contributed by atoms with Crippen LogP contribution in [0.25, 0.3) is 21.4 Å². The Labute approximate surface area is 894 Å². The van der Waals surface area contributed by atoms with Gasteiger partial charge in [0, 0.05) is 105 Å². The number of azide groups is 1. The molecule has 3 aromatic heterocycles. The molecule has 3 aliphatic rings. The Balaban J connectivity index is 0.00000165. The fourth-order valence-corrected chi connectivity index (χ4v) is 14.5. The number of hydrogen-bond acceptors (Lipinski definition) is 30. The minimum atomic E-state index is -1.18. The van der Waals surface area contributed by atoms with Crippen LogP contribution in [0.15, 0.2) is 70.7 Å². The molecule has 0 fully saturated rings. The van der Waals surface area contributed by atoms with Crippen LogP contribution in [0, 0.1) is 24.7 Å². The third-order valence-electron chi connectivity index (χ3n) is 18.7. The number of aliphatic carboxylic acids is 1. The number of fused-ring (bicyclic) bond motifs is 4. The predicted octanol–water partition coefficient (Wildman–Crippen LogP) is 18.3. The molecular weight excluding hydrogens is 2190 g/mol. The van der Waals surface area contributed by atoms with E-state index >= 15 is 0 Å². The van der Waals surface area contributed by atoms with E-state index < -0.39 is 107 Å². The summed E-state index contributed by atoms with van der Waals surface area (Å²) in [4.78, 5) is 145. The molecule has 7 aromatic rings. The molecule has 0 aliphatic carbocycles. The Morgan fingerprint density at radius 1 is 0.556 bits per heavy atom. The Bertz CT molecular complexity index is 5620. The first-order valence-corrected chi connectivity index (χ1v) is 48.8. The van der Waals surface area contributed by atoms with Crippen molar-refractivity contribution in [2.45, 2.75) is 261 Å². The van der Waals surface area contributed by atoms with Crippen LogP contribution in [-0.2, 0) is 131 Å². The third kappa shape index (κ3) is 45.8. The van der Waals surface area contributed by atoms with E-state index in [-0.39, 0.29) is 96.0 Å². The molecule has 0 unspecified atom stereocenters. The van der Waals surface area contributed by atoms with E-state index in [0.717, 1.165) is 58.3 Å². The first-order valence-electron chi connectivity index (χ1n) is 43.5. The Morgan fingerprint density at radius 2 is 0.938 bits per heavy atom. The second-order valence-corrected chi connectivity index (χ2v) is 37.8. The van der Waals surface area contributed by atoms with Crippen molar-refractivity contribution < 1.29 is 127 Å². The van der Waals surface area contributed by atoms with Crippen LogP contribution in [-0.4, -0.2) is 232 Å². The maximum absolute atomic E-state index is 12.9. The van der Waals surface area contributed by atoms with Crippen molar-refractivity contribution in [1.29, 1.82) is 0 Å². The minimum absolute atomic E-state index is 0. The summed E-state index contributed by atoms with van der Waals surface area (Å²) in [6.07, 6.45) is 15.0. The second-order valence-electron chi connectivity index (χ2n) is 35.5. The molecular formula is C95H129Cl7CuIN16O24. The van der Waals surface area contributed by atoms with Gasteiger partial charge in [-0.2, -0.15) is 0 Å². The number of nitrogens with one attached hydrogen (secondary N) is 4. The van der Waals surface area contributed by atoms with Crippen LogP contribution in [0.4, 0.5) is 19.2 Å². The van der Waals surface area contributed by atoms with Gasteiger partial charge in [0.25, 0.3) is 5.91 Å². The number of alkyl carbamates (subject to hydrolysis) is 3. The van der Waals surface area contributed by atoms with E-state index in [0.29, 0.717) is 88.1 Å². The molecule has 800 valence electrons. The van der Waals surface area contributed by atoms with E-state index in [4.69, 9.17) is 136 Å². The van der Waals surface area contributed by atoms with Crippen LogP contribution in [0.2, 0.25) is 30.1 Å². The fourth-order valence-electron chi connectivity index (χ4n) is 12.2. The number of esters is 6. The number of benzene rings is 4. The van der Waals surface area contributed by atoms with E-state index in [1.165, 1.54) is 42.7 Å². The molecule has 0 bridgehead atoms. The van der Waals surface area contributed by atoms with Gasteiger partial charge in [0.05, 0.1) is 107 Å². The fraction of sp³-hybridized carbons (Fsp3) is 0.516. The third-order valence-corrected chi connectivity index (χ3v) is 20.8. The molecule has 5 amide bonds. The standard InChI is InChI=1S/C20H15Cl2NO4.C16H19Cl2NO4.C14H24N4O4.C11H11Cl2NO2.C11H17NO4.C10H15NO4.C9H16N4O2.C3H7N3.CH4.ClH.Cu.HI/c1-26-20(25)17-15(21)8-13-10-23(6-4-14(13)18(17)22)19(24)12-3-2-11-5-7-27-16(11)9-12;1-16(2,3)23-15(21)19-6-5-10-9(8-19)7-11(17)12(13(10)18)14(20)22-4;1-9(2)18-8-10(16-17-18)7-11(12(19)21-6)15-13(20)22-14(3,4)5;1-16-11(15)9-8(12)4-6-5-14-3-2-7(6)10(9)13;1-6-7-8(9(13)15-5)12-10(14)16-11(2,3)4;1-5-6-7(8(12)13)11-9(14)15-10(2,3)4;1-6(2)13-5-7(11-12-13)4-8(10)9(14)15-3;1-3(2)5-6-4;;;;/h2-3,5,7-9H,4,6,10H2,1H3;7H,5-6,8H2,1-4H3;8-9,11H,7H2,1-6H3,(H,15,20);4,14H,2-3,5H2,1H3;1,8H,7H2,2-5H3,(H,12,14);1,7H,6H2,2-4H3,(H,11,14)(H,12,13);5-6,8H,4,10H2,1-3H3;3H,1-2H3;1H4;1H;;1H/q;;;;;;;;;;+1;/p-1/t;;11-;;8-;7-;8-;;;;;/m..0.000...../s1. The zero-order valence-electron chi connectivity index (χ0n) is 83.9. The number of carbonyl (C=O) groups excluding carboxylic acids is 11. The maximum atomic E-state index is 12.9. The van der Waals surface area contributed by atoms with Crippen molar-refractivity contribution in [2.75, 3.05) is 62.3 Å². The number of rotatable bonds is 20. The number of carbonyl (C=O) groups is 12. The molecule has 49 heteroatoms. The van der Waals surface area contributed by atoms with Crippen LogP contribution < -0.4 is 27.0 Å². The molecule has 6 heterocycles. The summed E-state index contributed by atoms with van der Waals surface area (Å²) in [6.45, 7) is 35.8. The van der Waals surface area contributed by atoms with E-state index in [9.17, 15) is 57.5 Å². The van der Waals surface area contributed by atoms with Crippen molar-refractivity contribution in [3.05, 3.63) is 169 Å². The number of terminal acetylenes is 2. The van der Waals surface area contributed by atoms with Crippen molar-refractivity contribution in [3.8, 4) is 24.7 Å². The van der Waals surface area contributed by atoms with Crippen molar-refractivity contribution >= 4 is 185 Å². The van der Waals surface area contributed by atoms with Gasteiger partial charge in [-0.05, 0) is 212 Å². The van der Waals surface area contributed by atoms with Gasteiger partial charge < -0.3 is 93.7 Å². The van der Waals surface area contributed by atoms with Crippen molar-refractivity contribution in [1.82, 2.24) is 61.1 Å². The zero-order chi connectivity index (χ0) is 108. The molecule has 4 aromatic carbocycles.